The van der Waals surface area contributed by atoms with Gasteiger partial charge in [0.2, 0.25) is 0 Å². The number of rotatable bonds is 0. The van der Waals surface area contributed by atoms with E-state index in [0.29, 0.717) is 6.04 Å². The van der Waals surface area contributed by atoms with Crippen molar-refractivity contribution in [3.63, 3.8) is 0 Å². The van der Waals surface area contributed by atoms with Crippen molar-refractivity contribution in [3.05, 3.63) is 0 Å². The third-order valence-electron chi connectivity index (χ3n) is 1.65. The van der Waals surface area contributed by atoms with Crippen molar-refractivity contribution in [1.82, 2.24) is 4.90 Å². The summed E-state index contributed by atoms with van der Waals surface area (Å²) in [5.41, 5.74) is 0. The molecule has 0 atom stereocenters. The van der Waals surface area contributed by atoms with Gasteiger partial charge in [0, 0.05) is 0 Å². The highest BCUT2D eigenvalue weighted by Gasteiger charge is 2.29. The van der Waals surface area contributed by atoms with Gasteiger partial charge in [0.05, 0.1) is 19.3 Å². The smallest absolute Gasteiger partial charge is 0.101 e. The molecular formula is C5H9NO2. The van der Waals surface area contributed by atoms with Gasteiger partial charge in [-0.1, -0.05) is 0 Å². The van der Waals surface area contributed by atoms with Crippen molar-refractivity contribution in [2.75, 3.05) is 26.7 Å². The van der Waals surface area contributed by atoms with E-state index < -0.39 is 0 Å². The molecule has 0 aromatic carbocycles. The van der Waals surface area contributed by atoms with Gasteiger partial charge in [-0.15, -0.1) is 0 Å². The minimum Gasteiger partial charge on any atom is -0.364 e. The Morgan fingerprint density at radius 1 is 1.12 bits per heavy atom. The molecule has 2 aliphatic rings. The van der Waals surface area contributed by atoms with E-state index in [2.05, 4.69) is 4.90 Å². The Labute approximate surface area is 48.2 Å². The summed E-state index contributed by atoms with van der Waals surface area (Å²) in [6, 6.07) is 0.565. The maximum atomic E-state index is 5.16. The predicted octanol–water partition coefficient (Wildman–Crippen LogP) is -0.368. The zero-order chi connectivity index (χ0) is 5.40. The summed E-state index contributed by atoms with van der Waals surface area (Å²) in [6.45, 7) is 3.26. The first-order chi connectivity index (χ1) is 3.97. The second-order valence-electron chi connectivity index (χ2n) is 2.24. The average molecular weight is 115 g/mol. The first-order valence-electron chi connectivity index (χ1n) is 2.86. The van der Waals surface area contributed by atoms with Crippen LogP contribution >= 0.6 is 0 Å². The van der Waals surface area contributed by atoms with Crippen molar-refractivity contribution in [1.29, 1.82) is 0 Å². The monoisotopic (exact) mass is 115 g/mol. The highest BCUT2D eigenvalue weighted by atomic mass is 16.5. The van der Waals surface area contributed by atoms with Gasteiger partial charge in [0.1, 0.15) is 13.5 Å². The summed E-state index contributed by atoms with van der Waals surface area (Å²) >= 11 is 0. The number of fused-ring (bicyclic) bond motifs is 1. The second kappa shape index (κ2) is 1.69. The molecule has 46 valence electrons. The lowest BCUT2D eigenvalue weighted by Gasteiger charge is -2.05. The predicted molar refractivity (Wildman–Crippen MR) is 27.3 cm³/mol. The molecule has 0 N–H and O–H groups in total. The summed E-state index contributed by atoms with van der Waals surface area (Å²) in [5.74, 6) is 0. The quantitative estimate of drug-likeness (QED) is 0.430. The molecule has 0 unspecified atom stereocenters. The van der Waals surface area contributed by atoms with Gasteiger partial charge in [-0.2, -0.15) is 0 Å². The van der Waals surface area contributed by atoms with Crippen molar-refractivity contribution < 1.29 is 9.47 Å². The van der Waals surface area contributed by atoms with Crippen LogP contribution in [0, 0.1) is 0 Å². The Bertz CT molecular complexity index is 76.4. The van der Waals surface area contributed by atoms with Gasteiger partial charge in [-0.3, -0.25) is 0 Å². The van der Waals surface area contributed by atoms with Crippen LogP contribution in [0.3, 0.4) is 0 Å². The van der Waals surface area contributed by atoms with Gasteiger partial charge in [0.25, 0.3) is 0 Å². The topological polar surface area (TPSA) is 21.7 Å². The third-order valence-corrected chi connectivity index (χ3v) is 1.65. The normalized spacial score (nSPS) is 31.5. The molecule has 0 aliphatic carbocycles. The summed E-state index contributed by atoms with van der Waals surface area (Å²) < 4.78 is 10.3. The standard InChI is InChI=1S/C5H9NO2/c1-5-2-8-4-6(5)3-7-1/h5H,1-4H2. The van der Waals surface area contributed by atoms with Crippen LogP contribution in [0.2, 0.25) is 0 Å². The van der Waals surface area contributed by atoms with Gasteiger partial charge in [0.15, 0.2) is 0 Å². The minimum atomic E-state index is 0.565. The number of hydrogen-bond acceptors (Lipinski definition) is 3. The highest BCUT2D eigenvalue weighted by Crippen LogP contribution is 2.14. The molecule has 3 nitrogen and oxygen atoms in total. The Morgan fingerprint density at radius 2 is 1.75 bits per heavy atom. The van der Waals surface area contributed by atoms with E-state index >= 15 is 0 Å². The fraction of sp³-hybridized carbons (Fsp3) is 1.00. The molecule has 0 saturated carbocycles. The number of hydrogen-bond donors (Lipinski definition) is 0. The molecular weight excluding hydrogens is 106 g/mol. The van der Waals surface area contributed by atoms with E-state index in [4.69, 9.17) is 9.47 Å². The van der Waals surface area contributed by atoms with Gasteiger partial charge >= 0.3 is 0 Å². The van der Waals surface area contributed by atoms with Crippen molar-refractivity contribution in [2.24, 2.45) is 0 Å². The summed E-state index contributed by atoms with van der Waals surface area (Å²) in [4.78, 5) is 2.19. The Morgan fingerprint density at radius 3 is 2.25 bits per heavy atom. The van der Waals surface area contributed by atoms with E-state index in [1.54, 1.807) is 0 Å². The van der Waals surface area contributed by atoms with Crippen molar-refractivity contribution in [2.45, 2.75) is 6.04 Å². The molecule has 0 aromatic rings. The van der Waals surface area contributed by atoms with E-state index in [9.17, 15) is 0 Å². The highest BCUT2D eigenvalue weighted by molar-refractivity contribution is 4.75. The van der Waals surface area contributed by atoms with E-state index in [1.807, 2.05) is 0 Å². The molecule has 0 amide bonds. The molecule has 2 fully saturated rings. The zero-order valence-electron chi connectivity index (χ0n) is 4.67. The Balaban J connectivity index is 2.04. The van der Waals surface area contributed by atoms with Crippen molar-refractivity contribution >= 4 is 0 Å². The molecule has 0 radical (unpaired) electrons. The minimum absolute atomic E-state index is 0.565. The second-order valence-corrected chi connectivity index (χ2v) is 2.24. The van der Waals surface area contributed by atoms with Crippen LogP contribution in [0.1, 0.15) is 0 Å². The molecule has 2 rings (SSSR count). The van der Waals surface area contributed by atoms with Crippen LogP contribution < -0.4 is 0 Å². The lowest BCUT2D eigenvalue weighted by Crippen LogP contribution is -2.24. The summed E-state index contributed by atoms with van der Waals surface area (Å²) in [7, 11) is 0. The van der Waals surface area contributed by atoms with Crippen molar-refractivity contribution in [3.8, 4) is 0 Å². The van der Waals surface area contributed by atoms with Crippen LogP contribution in [-0.2, 0) is 9.47 Å². The largest absolute Gasteiger partial charge is 0.364 e. The van der Waals surface area contributed by atoms with Crippen LogP contribution in [0.4, 0.5) is 0 Å². The molecule has 8 heavy (non-hydrogen) atoms. The Hall–Kier alpha value is -0.120. The molecule has 0 spiro atoms. The van der Waals surface area contributed by atoms with Gasteiger partial charge in [-0.25, -0.2) is 4.90 Å². The average Bonchev–Trinajstić information content (AvgIpc) is 2.15. The maximum Gasteiger partial charge on any atom is 0.101 e. The van der Waals surface area contributed by atoms with Crippen LogP contribution in [-0.4, -0.2) is 37.6 Å². The van der Waals surface area contributed by atoms with Gasteiger partial charge < -0.3 is 9.47 Å². The summed E-state index contributed by atoms with van der Waals surface area (Å²) in [6.07, 6.45) is 0. The fourth-order valence-electron chi connectivity index (χ4n) is 1.12. The van der Waals surface area contributed by atoms with Gasteiger partial charge in [-0.05, 0) is 0 Å². The van der Waals surface area contributed by atoms with E-state index in [1.165, 1.54) is 0 Å². The van der Waals surface area contributed by atoms with E-state index in [0.717, 1.165) is 26.7 Å². The SMILES string of the molecule is C1OCN2COCC12. The third kappa shape index (κ3) is 0.555. The maximum absolute atomic E-state index is 5.16. The number of ether oxygens (including phenoxy) is 2. The van der Waals surface area contributed by atoms with E-state index in [-0.39, 0.29) is 0 Å². The molecule has 2 aliphatic heterocycles. The molecule has 0 bridgehead atoms. The molecule has 2 heterocycles. The zero-order valence-corrected chi connectivity index (χ0v) is 4.67. The van der Waals surface area contributed by atoms with Crippen LogP contribution in [0.15, 0.2) is 0 Å². The molecule has 2 saturated heterocycles. The molecule has 3 heteroatoms. The first-order valence-corrected chi connectivity index (χ1v) is 2.86. The first kappa shape index (κ1) is 4.73. The lowest BCUT2D eigenvalue weighted by molar-refractivity contribution is 0.0696. The Kier molecular flexibility index (Phi) is 0.997. The lowest BCUT2D eigenvalue weighted by atomic mass is 10.3. The molecule has 0 aromatic heterocycles. The number of nitrogens with zero attached hydrogens (tertiary/aromatic N) is 1. The van der Waals surface area contributed by atoms with Crippen LogP contribution in [0.5, 0.6) is 0 Å². The van der Waals surface area contributed by atoms with Crippen LogP contribution in [0.25, 0.3) is 0 Å². The fourth-order valence-corrected chi connectivity index (χ4v) is 1.12. The summed E-state index contributed by atoms with van der Waals surface area (Å²) in [5, 5.41) is 0.